The lowest BCUT2D eigenvalue weighted by Crippen LogP contribution is -2.35. The molecule has 0 fully saturated rings. The molecule has 4 heteroatoms. The second kappa shape index (κ2) is 5.08. The summed E-state index contributed by atoms with van der Waals surface area (Å²) in [7, 11) is 4.05. The van der Waals surface area contributed by atoms with Crippen molar-refractivity contribution in [1.29, 1.82) is 0 Å². The van der Waals surface area contributed by atoms with Gasteiger partial charge in [0, 0.05) is 6.92 Å². The SMILES string of the molecule is CC(=O)Oc1ccc2c(c1)C(N(C)C)[C@@H](C)OC2. The highest BCUT2D eigenvalue weighted by Gasteiger charge is 2.29. The highest BCUT2D eigenvalue weighted by Crippen LogP contribution is 2.34. The van der Waals surface area contributed by atoms with Crippen LogP contribution in [0, 0.1) is 0 Å². The van der Waals surface area contributed by atoms with Gasteiger partial charge in [0.2, 0.25) is 0 Å². The number of hydrogen-bond acceptors (Lipinski definition) is 4. The van der Waals surface area contributed by atoms with Crippen molar-refractivity contribution in [2.24, 2.45) is 0 Å². The number of nitrogens with zero attached hydrogens (tertiary/aromatic N) is 1. The molecule has 18 heavy (non-hydrogen) atoms. The van der Waals surface area contributed by atoms with Gasteiger partial charge in [0.05, 0.1) is 18.8 Å². The zero-order valence-corrected chi connectivity index (χ0v) is 11.3. The molecule has 1 aliphatic heterocycles. The maximum atomic E-state index is 11.0. The molecule has 1 unspecified atom stereocenters. The van der Waals surface area contributed by atoms with Crippen molar-refractivity contribution in [3.63, 3.8) is 0 Å². The molecule has 1 aliphatic rings. The molecule has 0 N–H and O–H groups in total. The molecule has 0 saturated heterocycles. The van der Waals surface area contributed by atoms with Crippen LogP contribution >= 0.6 is 0 Å². The molecule has 0 spiro atoms. The largest absolute Gasteiger partial charge is 0.427 e. The molecule has 1 aromatic rings. The normalized spacial score (nSPS) is 22.7. The summed E-state index contributed by atoms with van der Waals surface area (Å²) in [5.74, 6) is 0.304. The van der Waals surface area contributed by atoms with Crippen LogP contribution in [-0.4, -0.2) is 31.1 Å². The van der Waals surface area contributed by atoms with Crippen molar-refractivity contribution >= 4 is 5.97 Å². The van der Waals surface area contributed by atoms with Crippen molar-refractivity contribution in [3.05, 3.63) is 29.3 Å². The number of ether oxygens (including phenoxy) is 2. The van der Waals surface area contributed by atoms with Gasteiger partial charge in [-0.05, 0) is 44.3 Å². The number of carbonyl (C=O) groups excluding carboxylic acids is 1. The molecule has 2 atom stereocenters. The van der Waals surface area contributed by atoms with E-state index in [4.69, 9.17) is 9.47 Å². The Hall–Kier alpha value is -1.39. The summed E-state index contributed by atoms with van der Waals surface area (Å²) in [5, 5.41) is 0. The van der Waals surface area contributed by atoms with Gasteiger partial charge in [-0.3, -0.25) is 4.79 Å². The van der Waals surface area contributed by atoms with E-state index in [9.17, 15) is 4.79 Å². The minimum Gasteiger partial charge on any atom is -0.427 e. The second-order valence-electron chi connectivity index (χ2n) is 4.88. The molecule has 1 aromatic carbocycles. The van der Waals surface area contributed by atoms with E-state index in [1.165, 1.54) is 12.5 Å². The highest BCUT2D eigenvalue weighted by atomic mass is 16.5. The van der Waals surface area contributed by atoms with Gasteiger partial charge < -0.3 is 14.4 Å². The van der Waals surface area contributed by atoms with Crippen molar-refractivity contribution in [1.82, 2.24) is 4.90 Å². The number of hydrogen-bond donors (Lipinski definition) is 0. The second-order valence-corrected chi connectivity index (χ2v) is 4.88. The number of esters is 1. The Bertz CT molecular complexity index is 456. The lowest BCUT2D eigenvalue weighted by molar-refractivity contribution is -0.131. The molecule has 0 amide bonds. The lowest BCUT2D eigenvalue weighted by Gasteiger charge is -2.36. The standard InChI is InChI=1S/C14H19NO3/c1-9-14(15(3)4)13-7-12(18-10(2)16)6-5-11(13)8-17-9/h5-7,9,14H,8H2,1-4H3/t9-,14?/m1/s1. The zero-order chi connectivity index (χ0) is 13.3. The molecular weight excluding hydrogens is 230 g/mol. The predicted octanol–water partition coefficient (Wildman–Crippen LogP) is 2.13. The summed E-state index contributed by atoms with van der Waals surface area (Å²) in [4.78, 5) is 13.1. The Kier molecular flexibility index (Phi) is 3.68. The molecule has 0 aromatic heterocycles. The summed E-state index contributed by atoms with van der Waals surface area (Å²) in [6.07, 6.45) is 0.125. The third-order valence-electron chi connectivity index (χ3n) is 3.20. The lowest BCUT2D eigenvalue weighted by atomic mass is 9.93. The van der Waals surface area contributed by atoms with Crippen LogP contribution in [0.5, 0.6) is 5.75 Å². The van der Waals surface area contributed by atoms with E-state index < -0.39 is 0 Å². The molecule has 0 saturated carbocycles. The van der Waals surface area contributed by atoms with E-state index in [2.05, 4.69) is 11.8 Å². The van der Waals surface area contributed by atoms with Crippen LogP contribution in [0.1, 0.15) is 31.0 Å². The summed E-state index contributed by atoms with van der Waals surface area (Å²) in [6, 6.07) is 5.91. The van der Waals surface area contributed by atoms with Gasteiger partial charge >= 0.3 is 5.97 Å². The monoisotopic (exact) mass is 249 g/mol. The van der Waals surface area contributed by atoms with Crippen LogP contribution in [0.15, 0.2) is 18.2 Å². The molecule has 0 aliphatic carbocycles. The first kappa shape index (κ1) is 13.1. The number of fused-ring (bicyclic) bond motifs is 1. The Morgan fingerprint density at radius 2 is 2.17 bits per heavy atom. The van der Waals surface area contributed by atoms with Crippen molar-refractivity contribution < 1.29 is 14.3 Å². The minimum atomic E-state index is -0.295. The zero-order valence-electron chi connectivity index (χ0n) is 11.3. The molecule has 4 nitrogen and oxygen atoms in total. The van der Waals surface area contributed by atoms with Crippen LogP contribution in [0.25, 0.3) is 0 Å². The quantitative estimate of drug-likeness (QED) is 0.594. The first-order valence-corrected chi connectivity index (χ1v) is 6.08. The Balaban J connectivity index is 2.38. The summed E-state index contributed by atoms with van der Waals surface area (Å²) in [6.45, 7) is 4.09. The topological polar surface area (TPSA) is 38.8 Å². The number of benzene rings is 1. The Labute approximate surface area is 107 Å². The molecule has 2 rings (SSSR count). The van der Waals surface area contributed by atoms with Gasteiger partial charge in [0.25, 0.3) is 0 Å². The summed E-state index contributed by atoms with van der Waals surface area (Å²) >= 11 is 0. The first-order chi connectivity index (χ1) is 8.49. The first-order valence-electron chi connectivity index (χ1n) is 6.08. The molecule has 0 radical (unpaired) electrons. The van der Waals surface area contributed by atoms with Gasteiger partial charge in [-0.2, -0.15) is 0 Å². The van der Waals surface area contributed by atoms with Gasteiger partial charge in [0.1, 0.15) is 5.75 Å². The average Bonchev–Trinajstić information content (AvgIpc) is 2.27. The van der Waals surface area contributed by atoms with E-state index in [0.717, 1.165) is 5.56 Å². The Morgan fingerprint density at radius 3 is 2.78 bits per heavy atom. The third-order valence-corrected chi connectivity index (χ3v) is 3.20. The summed E-state index contributed by atoms with van der Waals surface area (Å²) < 4.78 is 10.9. The molecule has 1 heterocycles. The Morgan fingerprint density at radius 1 is 1.44 bits per heavy atom. The van der Waals surface area contributed by atoms with Crippen LogP contribution in [-0.2, 0) is 16.1 Å². The van der Waals surface area contributed by atoms with Gasteiger partial charge in [-0.25, -0.2) is 0 Å². The van der Waals surface area contributed by atoms with Crippen molar-refractivity contribution in [2.45, 2.75) is 32.6 Å². The average molecular weight is 249 g/mol. The van der Waals surface area contributed by atoms with E-state index in [0.29, 0.717) is 12.4 Å². The smallest absolute Gasteiger partial charge is 0.308 e. The van der Waals surface area contributed by atoms with Crippen LogP contribution in [0.2, 0.25) is 0 Å². The van der Waals surface area contributed by atoms with E-state index in [1.54, 1.807) is 0 Å². The predicted molar refractivity (Wildman–Crippen MR) is 68.4 cm³/mol. The fraction of sp³-hybridized carbons (Fsp3) is 0.500. The highest BCUT2D eigenvalue weighted by molar-refractivity contribution is 5.69. The maximum Gasteiger partial charge on any atom is 0.308 e. The van der Waals surface area contributed by atoms with E-state index >= 15 is 0 Å². The van der Waals surface area contributed by atoms with Crippen molar-refractivity contribution in [3.8, 4) is 5.75 Å². The number of likely N-dealkylation sites (N-methyl/N-ethyl adjacent to an activating group) is 1. The number of rotatable bonds is 2. The fourth-order valence-electron chi connectivity index (χ4n) is 2.47. The van der Waals surface area contributed by atoms with Crippen LogP contribution in [0.3, 0.4) is 0 Å². The van der Waals surface area contributed by atoms with Gasteiger partial charge in [-0.15, -0.1) is 0 Å². The van der Waals surface area contributed by atoms with E-state index in [1.807, 2.05) is 32.3 Å². The van der Waals surface area contributed by atoms with Crippen LogP contribution < -0.4 is 4.74 Å². The minimum absolute atomic E-state index is 0.125. The van der Waals surface area contributed by atoms with Gasteiger partial charge in [-0.1, -0.05) is 6.07 Å². The van der Waals surface area contributed by atoms with E-state index in [-0.39, 0.29) is 18.1 Å². The number of carbonyl (C=O) groups is 1. The third kappa shape index (κ3) is 2.54. The molecule has 0 bridgehead atoms. The molecular formula is C14H19NO3. The van der Waals surface area contributed by atoms with Crippen LogP contribution in [0.4, 0.5) is 0 Å². The maximum absolute atomic E-state index is 11.0. The molecule has 98 valence electrons. The van der Waals surface area contributed by atoms with Gasteiger partial charge in [0.15, 0.2) is 0 Å². The fourth-order valence-corrected chi connectivity index (χ4v) is 2.47. The van der Waals surface area contributed by atoms with Crippen molar-refractivity contribution in [2.75, 3.05) is 14.1 Å². The summed E-state index contributed by atoms with van der Waals surface area (Å²) in [5.41, 5.74) is 2.33.